The highest BCUT2D eigenvalue weighted by Crippen LogP contribution is 2.39. The van der Waals surface area contributed by atoms with Crippen LogP contribution in [0.2, 0.25) is 0 Å². The van der Waals surface area contributed by atoms with Crippen LogP contribution >= 0.6 is 0 Å². The van der Waals surface area contributed by atoms with Crippen molar-refractivity contribution in [1.29, 1.82) is 0 Å². The Morgan fingerprint density at radius 3 is 2.47 bits per heavy atom. The molecule has 0 heterocycles. The first-order valence-electron chi connectivity index (χ1n) is 6.10. The molecule has 2 aliphatic rings. The highest BCUT2D eigenvalue weighted by molar-refractivity contribution is 5.82. The van der Waals surface area contributed by atoms with Gasteiger partial charge in [0, 0.05) is 5.92 Å². The Kier molecular flexibility index (Phi) is 3.01. The maximum absolute atomic E-state index is 11.8. The van der Waals surface area contributed by atoms with Crippen LogP contribution in [0.5, 0.6) is 0 Å². The van der Waals surface area contributed by atoms with E-state index in [-0.39, 0.29) is 24.0 Å². The molecular weight excluding hydrogens is 190 g/mol. The first-order chi connectivity index (χ1) is 7.17. The normalized spacial score (nSPS) is 33.5. The number of aliphatic hydroxyl groups is 1. The largest absolute Gasteiger partial charge is 0.394 e. The van der Waals surface area contributed by atoms with Gasteiger partial charge in [0.05, 0.1) is 12.1 Å². The maximum atomic E-state index is 11.8. The summed E-state index contributed by atoms with van der Waals surface area (Å²) >= 11 is 0. The second-order valence-electron chi connectivity index (χ2n) is 5.31. The average molecular weight is 211 g/mol. The summed E-state index contributed by atoms with van der Waals surface area (Å²) in [6, 6.07) is 0. The van der Waals surface area contributed by atoms with Gasteiger partial charge >= 0.3 is 0 Å². The molecule has 2 unspecified atom stereocenters. The van der Waals surface area contributed by atoms with E-state index in [2.05, 4.69) is 12.2 Å². The summed E-state index contributed by atoms with van der Waals surface area (Å²) < 4.78 is 0. The van der Waals surface area contributed by atoms with Crippen LogP contribution in [0.15, 0.2) is 0 Å². The lowest BCUT2D eigenvalue weighted by Crippen LogP contribution is -2.53. The number of nitrogens with one attached hydrogen (secondary N) is 1. The lowest BCUT2D eigenvalue weighted by atomic mass is 9.82. The van der Waals surface area contributed by atoms with Gasteiger partial charge in [-0.2, -0.15) is 0 Å². The van der Waals surface area contributed by atoms with Crippen molar-refractivity contribution in [2.24, 2.45) is 11.8 Å². The fraction of sp³-hybridized carbons (Fsp3) is 0.917. The van der Waals surface area contributed by atoms with Crippen molar-refractivity contribution in [1.82, 2.24) is 5.32 Å². The van der Waals surface area contributed by atoms with E-state index in [9.17, 15) is 9.90 Å². The molecule has 1 amide bonds. The van der Waals surface area contributed by atoms with Crippen molar-refractivity contribution in [3.8, 4) is 0 Å². The summed E-state index contributed by atoms with van der Waals surface area (Å²) in [6.45, 7) is 2.20. The molecule has 2 N–H and O–H groups in total. The van der Waals surface area contributed by atoms with E-state index in [1.165, 1.54) is 6.42 Å². The van der Waals surface area contributed by atoms with E-state index in [0.717, 1.165) is 32.1 Å². The van der Waals surface area contributed by atoms with Crippen LogP contribution in [-0.2, 0) is 4.79 Å². The Hall–Kier alpha value is -0.570. The number of aliphatic hydroxyl groups excluding tert-OH is 1. The van der Waals surface area contributed by atoms with Crippen LogP contribution < -0.4 is 5.32 Å². The van der Waals surface area contributed by atoms with E-state index in [4.69, 9.17) is 0 Å². The number of carbonyl (C=O) groups is 1. The van der Waals surface area contributed by atoms with Crippen LogP contribution in [0, 0.1) is 11.8 Å². The molecule has 0 aromatic rings. The quantitative estimate of drug-likeness (QED) is 0.742. The maximum Gasteiger partial charge on any atom is 0.223 e. The molecule has 0 aliphatic heterocycles. The van der Waals surface area contributed by atoms with Crippen molar-refractivity contribution >= 4 is 5.91 Å². The molecule has 2 saturated carbocycles. The molecule has 3 heteroatoms. The zero-order valence-corrected chi connectivity index (χ0v) is 9.46. The lowest BCUT2D eigenvalue weighted by molar-refractivity contribution is -0.125. The molecule has 0 aromatic heterocycles. The Bertz CT molecular complexity index is 246. The van der Waals surface area contributed by atoms with Crippen LogP contribution in [0.25, 0.3) is 0 Å². The molecule has 0 spiro atoms. The first-order valence-corrected chi connectivity index (χ1v) is 6.10. The van der Waals surface area contributed by atoms with Crippen LogP contribution in [0.1, 0.15) is 45.4 Å². The molecular formula is C12H21NO2. The molecule has 3 nitrogen and oxygen atoms in total. The number of hydrogen-bond acceptors (Lipinski definition) is 2. The zero-order chi connectivity index (χ0) is 10.9. The molecule has 0 aromatic carbocycles. The van der Waals surface area contributed by atoms with Crippen LogP contribution in [0.4, 0.5) is 0 Å². The first kappa shape index (κ1) is 10.9. The predicted molar refractivity (Wildman–Crippen MR) is 58.3 cm³/mol. The molecule has 86 valence electrons. The number of rotatable bonds is 3. The molecule has 2 rings (SSSR count). The van der Waals surface area contributed by atoms with Crippen molar-refractivity contribution < 1.29 is 9.90 Å². The Labute approximate surface area is 91.2 Å². The number of amides is 1. The molecule has 2 atom stereocenters. The van der Waals surface area contributed by atoms with E-state index >= 15 is 0 Å². The zero-order valence-electron chi connectivity index (χ0n) is 9.46. The molecule has 2 fully saturated rings. The summed E-state index contributed by atoms with van der Waals surface area (Å²) in [5.74, 6) is 0.929. The minimum Gasteiger partial charge on any atom is -0.394 e. The summed E-state index contributed by atoms with van der Waals surface area (Å²) in [7, 11) is 0. The number of hydrogen-bond donors (Lipinski definition) is 2. The van der Waals surface area contributed by atoms with E-state index in [1.807, 2.05) is 0 Å². The third-order valence-electron chi connectivity index (χ3n) is 3.95. The minimum absolute atomic E-state index is 0.0971. The monoisotopic (exact) mass is 211 g/mol. The molecule has 0 radical (unpaired) electrons. The van der Waals surface area contributed by atoms with Gasteiger partial charge in [-0.3, -0.25) is 4.79 Å². The smallest absolute Gasteiger partial charge is 0.223 e. The Morgan fingerprint density at radius 1 is 1.40 bits per heavy atom. The van der Waals surface area contributed by atoms with Gasteiger partial charge in [-0.15, -0.1) is 0 Å². The molecule has 15 heavy (non-hydrogen) atoms. The summed E-state index contributed by atoms with van der Waals surface area (Å²) in [5, 5.41) is 12.5. The van der Waals surface area contributed by atoms with Gasteiger partial charge in [-0.25, -0.2) is 0 Å². The van der Waals surface area contributed by atoms with Gasteiger partial charge in [0.25, 0.3) is 0 Å². The minimum atomic E-state index is -0.294. The Balaban J connectivity index is 1.91. The summed E-state index contributed by atoms with van der Waals surface area (Å²) in [6.07, 6.45) is 6.39. The van der Waals surface area contributed by atoms with E-state index in [1.54, 1.807) is 0 Å². The topological polar surface area (TPSA) is 49.3 Å². The van der Waals surface area contributed by atoms with E-state index in [0.29, 0.717) is 5.92 Å². The van der Waals surface area contributed by atoms with Crippen LogP contribution in [-0.4, -0.2) is 23.2 Å². The van der Waals surface area contributed by atoms with Crippen molar-refractivity contribution in [2.45, 2.75) is 51.0 Å². The second-order valence-corrected chi connectivity index (χ2v) is 5.31. The van der Waals surface area contributed by atoms with Gasteiger partial charge in [0.1, 0.15) is 0 Å². The van der Waals surface area contributed by atoms with Crippen molar-refractivity contribution in [2.75, 3.05) is 6.61 Å². The van der Waals surface area contributed by atoms with Gasteiger partial charge in [-0.05, 0) is 25.2 Å². The van der Waals surface area contributed by atoms with Gasteiger partial charge < -0.3 is 10.4 Å². The average Bonchev–Trinajstić information content (AvgIpc) is 2.97. The molecule has 0 saturated heterocycles. The molecule has 2 aliphatic carbocycles. The standard InChI is InChI=1S/C12H21NO2/c1-9-7-10(9)11(15)13-12(8-14)5-3-2-4-6-12/h9-10,14H,2-8H2,1H3,(H,13,15). The lowest BCUT2D eigenvalue weighted by Gasteiger charge is -2.36. The van der Waals surface area contributed by atoms with Crippen molar-refractivity contribution in [3.05, 3.63) is 0 Å². The fourth-order valence-electron chi connectivity index (χ4n) is 2.59. The molecule has 0 bridgehead atoms. The van der Waals surface area contributed by atoms with Gasteiger partial charge in [0.15, 0.2) is 0 Å². The highest BCUT2D eigenvalue weighted by atomic mass is 16.3. The summed E-state index contributed by atoms with van der Waals surface area (Å²) in [4.78, 5) is 11.8. The van der Waals surface area contributed by atoms with Gasteiger partial charge in [-0.1, -0.05) is 26.2 Å². The van der Waals surface area contributed by atoms with E-state index < -0.39 is 0 Å². The second kappa shape index (κ2) is 4.12. The van der Waals surface area contributed by atoms with Crippen molar-refractivity contribution in [3.63, 3.8) is 0 Å². The predicted octanol–water partition coefficient (Wildman–Crippen LogP) is 1.45. The number of carbonyl (C=O) groups excluding carboxylic acids is 1. The highest BCUT2D eigenvalue weighted by Gasteiger charge is 2.42. The SMILES string of the molecule is CC1CC1C(=O)NC1(CO)CCCCC1. The Morgan fingerprint density at radius 2 is 2.00 bits per heavy atom. The van der Waals surface area contributed by atoms with Gasteiger partial charge in [0.2, 0.25) is 5.91 Å². The third-order valence-corrected chi connectivity index (χ3v) is 3.95. The third kappa shape index (κ3) is 2.33. The fourth-order valence-corrected chi connectivity index (χ4v) is 2.59. The van der Waals surface area contributed by atoms with Crippen LogP contribution in [0.3, 0.4) is 0 Å². The summed E-state index contributed by atoms with van der Waals surface area (Å²) in [5.41, 5.74) is -0.294.